The molecule has 4 rings (SSSR count). The Morgan fingerprint density at radius 1 is 1.00 bits per heavy atom. The summed E-state index contributed by atoms with van der Waals surface area (Å²) in [5, 5.41) is 2.56. The van der Waals surface area contributed by atoms with Crippen molar-refractivity contribution in [1.29, 1.82) is 0 Å². The summed E-state index contributed by atoms with van der Waals surface area (Å²) in [7, 11) is 1.62. The Morgan fingerprint density at radius 2 is 1.67 bits per heavy atom. The summed E-state index contributed by atoms with van der Waals surface area (Å²) in [6, 6.07) is 23.1. The van der Waals surface area contributed by atoms with Crippen LogP contribution in [0.4, 0.5) is 10.5 Å². The van der Waals surface area contributed by atoms with E-state index in [-0.39, 0.29) is 6.61 Å². The van der Waals surface area contributed by atoms with Gasteiger partial charge in [0.2, 0.25) is 12.1 Å². The first-order valence-corrected chi connectivity index (χ1v) is 10.3. The van der Waals surface area contributed by atoms with Crippen LogP contribution in [0.5, 0.6) is 0 Å². The van der Waals surface area contributed by atoms with Gasteiger partial charge in [-0.2, -0.15) is 0 Å². The van der Waals surface area contributed by atoms with E-state index in [9.17, 15) is 14.4 Å². The summed E-state index contributed by atoms with van der Waals surface area (Å²) in [4.78, 5) is 43.1. The van der Waals surface area contributed by atoms with Crippen molar-refractivity contribution in [1.82, 2.24) is 5.32 Å². The van der Waals surface area contributed by atoms with E-state index in [0.29, 0.717) is 28.1 Å². The molecule has 8 heteroatoms. The number of likely N-dealkylation sites (N-methyl/N-ethyl adjacent to an activating group) is 1. The molecule has 0 aliphatic carbocycles. The van der Waals surface area contributed by atoms with Crippen molar-refractivity contribution in [2.24, 2.45) is 10.7 Å². The molecule has 0 saturated heterocycles. The first-order chi connectivity index (χ1) is 15.9. The van der Waals surface area contributed by atoms with Crippen molar-refractivity contribution in [2.45, 2.75) is 12.8 Å². The van der Waals surface area contributed by atoms with Crippen LogP contribution in [-0.2, 0) is 16.1 Å². The highest BCUT2D eigenvalue weighted by atomic mass is 16.5. The van der Waals surface area contributed by atoms with Crippen molar-refractivity contribution >= 4 is 29.3 Å². The van der Waals surface area contributed by atoms with Crippen LogP contribution in [0.25, 0.3) is 0 Å². The number of primary amides is 1. The summed E-state index contributed by atoms with van der Waals surface area (Å²) < 4.78 is 5.27. The Hall–Kier alpha value is -4.46. The lowest BCUT2D eigenvalue weighted by Gasteiger charge is -2.20. The molecule has 3 aromatic rings. The largest absolute Gasteiger partial charge is 0.445 e. The summed E-state index contributed by atoms with van der Waals surface area (Å²) in [5.41, 5.74) is 9.03. The van der Waals surface area contributed by atoms with Gasteiger partial charge >= 0.3 is 6.09 Å². The maximum absolute atomic E-state index is 13.1. The number of ether oxygens (including phenoxy) is 1. The number of nitrogens with zero attached hydrogens (tertiary/aromatic N) is 2. The second kappa shape index (κ2) is 9.35. The van der Waals surface area contributed by atoms with Gasteiger partial charge in [0.05, 0.1) is 11.4 Å². The number of aliphatic imine (C=N–C) groups is 1. The molecule has 33 heavy (non-hydrogen) atoms. The van der Waals surface area contributed by atoms with Gasteiger partial charge in [0.15, 0.2) is 0 Å². The summed E-state index contributed by atoms with van der Waals surface area (Å²) >= 11 is 0. The van der Waals surface area contributed by atoms with Crippen LogP contribution in [-0.4, -0.2) is 36.8 Å². The van der Waals surface area contributed by atoms with Gasteiger partial charge in [0, 0.05) is 23.7 Å². The number of carbonyl (C=O) groups excluding carboxylic acids is 3. The SMILES string of the molecule is CN1C(=O)C(NC(=O)OCc2ccccc2)N=C(c2ccc(C(N)=O)cc2)c2ccccc21. The third kappa shape index (κ3) is 4.74. The zero-order chi connectivity index (χ0) is 23.4. The quantitative estimate of drug-likeness (QED) is 0.632. The summed E-state index contributed by atoms with van der Waals surface area (Å²) in [5.74, 6) is -0.955. The Morgan fingerprint density at radius 3 is 2.36 bits per heavy atom. The second-order valence-corrected chi connectivity index (χ2v) is 7.44. The van der Waals surface area contributed by atoms with Crippen molar-refractivity contribution < 1.29 is 19.1 Å². The molecular weight excluding hydrogens is 420 g/mol. The smallest absolute Gasteiger partial charge is 0.409 e. The minimum Gasteiger partial charge on any atom is -0.445 e. The standard InChI is InChI=1S/C25H22N4O4/c1-29-20-10-6-5-9-19(20)21(17-11-13-18(14-12-17)22(26)30)27-23(24(29)31)28-25(32)33-15-16-7-3-2-4-8-16/h2-14,23H,15H2,1H3,(H2,26,30)(H,28,32). The zero-order valence-electron chi connectivity index (χ0n) is 17.9. The van der Waals surface area contributed by atoms with Gasteiger partial charge < -0.3 is 15.4 Å². The number of amides is 3. The van der Waals surface area contributed by atoms with Crippen molar-refractivity contribution in [3.8, 4) is 0 Å². The molecule has 0 fully saturated rings. The van der Waals surface area contributed by atoms with Crippen LogP contribution >= 0.6 is 0 Å². The number of benzene rings is 3. The molecular formula is C25H22N4O4. The number of carbonyl (C=O) groups is 3. The third-order valence-electron chi connectivity index (χ3n) is 5.25. The normalized spacial score (nSPS) is 15.2. The Balaban J connectivity index is 1.65. The number of nitrogens with two attached hydrogens (primary N) is 1. The molecule has 8 nitrogen and oxygen atoms in total. The maximum Gasteiger partial charge on any atom is 0.409 e. The average molecular weight is 442 g/mol. The van der Waals surface area contributed by atoms with Gasteiger partial charge in [0.1, 0.15) is 6.61 Å². The van der Waals surface area contributed by atoms with Crippen LogP contribution < -0.4 is 16.0 Å². The lowest BCUT2D eigenvalue weighted by molar-refractivity contribution is -0.120. The number of anilines is 1. The highest BCUT2D eigenvalue weighted by molar-refractivity contribution is 6.20. The van der Waals surface area contributed by atoms with E-state index in [4.69, 9.17) is 10.5 Å². The Kier molecular flexibility index (Phi) is 6.17. The summed E-state index contributed by atoms with van der Waals surface area (Å²) in [6.45, 7) is 0.0643. The fraction of sp³-hybridized carbons (Fsp3) is 0.120. The van der Waals surface area contributed by atoms with Crippen LogP contribution in [0.1, 0.15) is 27.0 Å². The predicted octanol–water partition coefficient (Wildman–Crippen LogP) is 2.85. The van der Waals surface area contributed by atoms with Gasteiger partial charge in [-0.05, 0) is 23.8 Å². The van der Waals surface area contributed by atoms with E-state index >= 15 is 0 Å². The minimum atomic E-state index is -1.20. The molecule has 3 amide bonds. The molecule has 0 saturated carbocycles. The highest BCUT2D eigenvalue weighted by Gasteiger charge is 2.31. The maximum atomic E-state index is 13.1. The first kappa shape index (κ1) is 21.8. The number of rotatable bonds is 5. The van der Waals surface area contributed by atoms with Crippen LogP contribution in [0, 0.1) is 0 Å². The molecule has 1 aliphatic rings. The third-order valence-corrected chi connectivity index (χ3v) is 5.25. The molecule has 0 spiro atoms. The number of alkyl carbamates (subject to hydrolysis) is 1. The number of para-hydroxylation sites is 1. The molecule has 1 aliphatic heterocycles. The van der Waals surface area contributed by atoms with E-state index < -0.39 is 24.1 Å². The zero-order valence-corrected chi connectivity index (χ0v) is 17.9. The molecule has 1 unspecified atom stereocenters. The Labute approximate surface area is 190 Å². The van der Waals surface area contributed by atoms with Crippen molar-refractivity contribution in [3.63, 3.8) is 0 Å². The van der Waals surface area contributed by atoms with E-state index in [2.05, 4.69) is 10.3 Å². The van der Waals surface area contributed by atoms with Gasteiger partial charge in [-0.15, -0.1) is 0 Å². The number of hydrogen-bond donors (Lipinski definition) is 2. The summed E-state index contributed by atoms with van der Waals surface area (Å²) in [6.07, 6.45) is -1.96. The molecule has 3 N–H and O–H groups in total. The molecule has 1 heterocycles. The Bertz CT molecular complexity index is 1220. The van der Waals surface area contributed by atoms with Crippen LogP contribution in [0.2, 0.25) is 0 Å². The second-order valence-electron chi connectivity index (χ2n) is 7.44. The average Bonchev–Trinajstić information content (AvgIpc) is 2.94. The van der Waals surface area contributed by atoms with E-state index in [1.165, 1.54) is 4.90 Å². The van der Waals surface area contributed by atoms with Crippen LogP contribution in [0.3, 0.4) is 0 Å². The van der Waals surface area contributed by atoms with Crippen molar-refractivity contribution in [3.05, 3.63) is 101 Å². The fourth-order valence-corrected chi connectivity index (χ4v) is 3.52. The first-order valence-electron chi connectivity index (χ1n) is 10.3. The number of benzodiazepines with no additional fused rings is 1. The number of fused-ring (bicyclic) bond motifs is 1. The molecule has 0 bridgehead atoms. The number of nitrogens with one attached hydrogen (secondary N) is 1. The molecule has 3 aromatic carbocycles. The van der Waals surface area contributed by atoms with E-state index in [1.54, 1.807) is 37.4 Å². The lowest BCUT2D eigenvalue weighted by Crippen LogP contribution is -2.46. The van der Waals surface area contributed by atoms with Gasteiger partial charge in [0.25, 0.3) is 5.91 Å². The molecule has 166 valence electrons. The van der Waals surface area contributed by atoms with Gasteiger partial charge in [-0.25, -0.2) is 9.79 Å². The predicted molar refractivity (Wildman–Crippen MR) is 124 cm³/mol. The molecule has 1 atom stereocenters. The molecule has 0 radical (unpaired) electrons. The lowest BCUT2D eigenvalue weighted by atomic mass is 9.99. The highest BCUT2D eigenvalue weighted by Crippen LogP contribution is 2.27. The van der Waals surface area contributed by atoms with Crippen molar-refractivity contribution in [2.75, 3.05) is 11.9 Å². The van der Waals surface area contributed by atoms with Crippen LogP contribution in [0.15, 0.2) is 83.9 Å². The fourth-order valence-electron chi connectivity index (χ4n) is 3.52. The monoisotopic (exact) mass is 442 g/mol. The number of hydrogen-bond acceptors (Lipinski definition) is 5. The minimum absolute atomic E-state index is 0.0643. The topological polar surface area (TPSA) is 114 Å². The van der Waals surface area contributed by atoms with Gasteiger partial charge in [-0.1, -0.05) is 60.7 Å². The molecule has 0 aromatic heterocycles. The van der Waals surface area contributed by atoms with E-state index in [1.807, 2.05) is 48.5 Å². The van der Waals surface area contributed by atoms with E-state index in [0.717, 1.165) is 5.56 Å². The van der Waals surface area contributed by atoms with Gasteiger partial charge in [-0.3, -0.25) is 14.9 Å².